The van der Waals surface area contributed by atoms with E-state index >= 15 is 0 Å². The lowest BCUT2D eigenvalue weighted by Gasteiger charge is -2.49. The minimum Gasteiger partial charge on any atom is -0.351 e. The Morgan fingerprint density at radius 1 is 1.20 bits per heavy atom. The summed E-state index contributed by atoms with van der Waals surface area (Å²) in [5, 5.41) is 3.30. The van der Waals surface area contributed by atoms with E-state index in [2.05, 4.69) is 5.32 Å². The van der Waals surface area contributed by atoms with E-state index in [4.69, 9.17) is 0 Å². The first-order chi connectivity index (χ1) is 7.12. The largest absolute Gasteiger partial charge is 0.351 e. The molecule has 4 fully saturated rings. The van der Waals surface area contributed by atoms with Crippen LogP contribution in [0.25, 0.3) is 0 Å². The number of amides is 1. The smallest absolute Gasteiger partial charge is 0.217 e. The van der Waals surface area contributed by atoms with Gasteiger partial charge in [-0.15, -0.1) is 0 Å². The van der Waals surface area contributed by atoms with E-state index in [0.717, 1.165) is 17.8 Å². The molecule has 0 aromatic rings. The Balaban J connectivity index is 1.72. The summed E-state index contributed by atoms with van der Waals surface area (Å²) in [5.41, 5.74) is 0.927. The molecular weight excluding hydrogens is 186 g/mol. The number of carbonyl (C=O) groups is 1. The van der Waals surface area contributed by atoms with Gasteiger partial charge in [0, 0.05) is 12.5 Å². The Bertz CT molecular complexity index is 348. The van der Waals surface area contributed by atoms with Gasteiger partial charge in [0.25, 0.3) is 0 Å². The molecule has 2 heteroatoms. The van der Waals surface area contributed by atoms with E-state index in [1.54, 1.807) is 6.92 Å². The Morgan fingerprint density at radius 3 is 2.87 bits per heavy atom. The molecule has 5 unspecified atom stereocenters. The van der Waals surface area contributed by atoms with E-state index in [9.17, 15) is 4.79 Å². The summed E-state index contributed by atoms with van der Waals surface area (Å²) in [6, 6.07) is 0. The van der Waals surface area contributed by atoms with E-state index < -0.39 is 0 Å². The van der Waals surface area contributed by atoms with Crippen LogP contribution in [0, 0.1) is 23.2 Å². The molecule has 15 heavy (non-hydrogen) atoms. The van der Waals surface area contributed by atoms with Gasteiger partial charge in [-0.1, -0.05) is 0 Å². The predicted molar refractivity (Wildman–Crippen MR) is 57.2 cm³/mol. The minimum absolute atomic E-state index is 0.186. The lowest BCUT2D eigenvalue weighted by Crippen LogP contribution is -2.49. The molecule has 5 atom stereocenters. The lowest BCUT2D eigenvalue weighted by molar-refractivity contribution is -0.121. The first-order valence-electron chi connectivity index (χ1n) is 6.41. The molecule has 4 rings (SSSR count). The van der Waals surface area contributed by atoms with Crippen molar-refractivity contribution in [2.24, 2.45) is 23.2 Å². The van der Waals surface area contributed by atoms with Gasteiger partial charge in [0.05, 0.1) is 0 Å². The van der Waals surface area contributed by atoms with Crippen LogP contribution in [0.5, 0.6) is 0 Å². The standard InChI is InChI=1S/C13H19NO/c1-8(15)14-12-4-9-2-10-3-11(6-12)13(10,5-9)7-12/h9-11H,2-7H2,1H3,(H,14,15). The van der Waals surface area contributed by atoms with Gasteiger partial charge >= 0.3 is 0 Å². The zero-order chi connectivity index (χ0) is 10.3. The van der Waals surface area contributed by atoms with Gasteiger partial charge in [0.1, 0.15) is 0 Å². The number of carbonyl (C=O) groups excluding carboxylic acids is 1. The van der Waals surface area contributed by atoms with Crippen LogP contribution in [-0.4, -0.2) is 11.4 Å². The Hall–Kier alpha value is -0.530. The first-order valence-corrected chi connectivity index (χ1v) is 6.41. The normalized spacial score (nSPS) is 58.9. The molecule has 0 saturated heterocycles. The van der Waals surface area contributed by atoms with Crippen molar-refractivity contribution in [1.82, 2.24) is 5.32 Å². The second-order valence-corrected chi connectivity index (χ2v) is 6.72. The highest BCUT2D eigenvalue weighted by molar-refractivity contribution is 5.74. The van der Waals surface area contributed by atoms with Crippen molar-refractivity contribution in [3.05, 3.63) is 0 Å². The van der Waals surface area contributed by atoms with Crippen molar-refractivity contribution >= 4 is 5.91 Å². The maximum atomic E-state index is 11.3. The van der Waals surface area contributed by atoms with Gasteiger partial charge < -0.3 is 5.32 Å². The number of fused-ring (bicyclic) bond motifs is 2. The molecule has 3 bridgehead atoms. The summed E-state index contributed by atoms with van der Waals surface area (Å²) in [5.74, 6) is 3.11. The molecule has 4 aliphatic carbocycles. The number of rotatable bonds is 1. The molecule has 0 radical (unpaired) electrons. The van der Waals surface area contributed by atoms with Crippen molar-refractivity contribution in [3.63, 3.8) is 0 Å². The fraction of sp³-hybridized carbons (Fsp3) is 0.923. The lowest BCUT2D eigenvalue weighted by atomic mass is 9.56. The summed E-state index contributed by atoms with van der Waals surface area (Å²) >= 11 is 0. The molecule has 1 spiro atoms. The van der Waals surface area contributed by atoms with Gasteiger partial charge in [0.2, 0.25) is 5.91 Å². The molecule has 82 valence electrons. The average Bonchev–Trinajstić information content (AvgIpc) is 2.41. The van der Waals surface area contributed by atoms with Crippen molar-refractivity contribution in [1.29, 1.82) is 0 Å². The summed E-state index contributed by atoms with van der Waals surface area (Å²) in [7, 11) is 0. The molecule has 4 aliphatic rings. The molecule has 1 amide bonds. The molecule has 0 heterocycles. The van der Waals surface area contributed by atoms with E-state index in [0.29, 0.717) is 5.41 Å². The maximum absolute atomic E-state index is 11.3. The topological polar surface area (TPSA) is 29.1 Å². The van der Waals surface area contributed by atoms with E-state index in [1.165, 1.54) is 38.5 Å². The minimum atomic E-state index is 0.186. The van der Waals surface area contributed by atoms with Crippen molar-refractivity contribution < 1.29 is 4.79 Å². The highest BCUT2D eigenvalue weighted by Crippen LogP contribution is 2.76. The van der Waals surface area contributed by atoms with Crippen molar-refractivity contribution in [3.8, 4) is 0 Å². The quantitative estimate of drug-likeness (QED) is 0.697. The third-order valence-corrected chi connectivity index (χ3v) is 5.91. The molecule has 2 nitrogen and oxygen atoms in total. The monoisotopic (exact) mass is 205 g/mol. The summed E-state index contributed by atoms with van der Waals surface area (Å²) in [6.07, 6.45) is 8.31. The highest BCUT2D eigenvalue weighted by Gasteiger charge is 2.70. The number of hydrogen-bond acceptors (Lipinski definition) is 1. The van der Waals surface area contributed by atoms with Crippen molar-refractivity contribution in [2.75, 3.05) is 0 Å². The van der Waals surface area contributed by atoms with Crippen molar-refractivity contribution in [2.45, 2.75) is 51.0 Å². The fourth-order valence-corrected chi connectivity index (χ4v) is 5.88. The number of nitrogens with one attached hydrogen (secondary N) is 1. The van der Waals surface area contributed by atoms with Crippen LogP contribution in [0.1, 0.15) is 45.4 Å². The molecule has 0 aromatic heterocycles. The average molecular weight is 205 g/mol. The second kappa shape index (κ2) is 2.26. The maximum Gasteiger partial charge on any atom is 0.217 e. The van der Waals surface area contributed by atoms with Crippen LogP contribution in [0.4, 0.5) is 0 Å². The highest BCUT2D eigenvalue weighted by atomic mass is 16.1. The Kier molecular flexibility index (Phi) is 1.29. The molecule has 0 aliphatic heterocycles. The van der Waals surface area contributed by atoms with Gasteiger partial charge in [-0.05, 0) is 61.7 Å². The molecular formula is C13H19NO. The summed E-state index contributed by atoms with van der Waals surface area (Å²) in [6.45, 7) is 1.68. The van der Waals surface area contributed by atoms with Crippen LogP contribution in [0.2, 0.25) is 0 Å². The van der Waals surface area contributed by atoms with E-state index in [-0.39, 0.29) is 11.4 Å². The second-order valence-electron chi connectivity index (χ2n) is 6.72. The predicted octanol–water partition coefficient (Wildman–Crippen LogP) is 2.09. The van der Waals surface area contributed by atoms with Gasteiger partial charge in [-0.25, -0.2) is 0 Å². The van der Waals surface area contributed by atoms with Crippen LogP contribution < -0.4 is 5.32 Å². The Morgan fingerprint density at radius 2 is 2.07 bits per heavy atom. The fourth-order valence-electron chi connectivity index (χ4n) is 5.88. The Labute approximate surface area is 90.8 Å². The van der Waals surface area contributed by atoms with Crippen LogP contribution >= 0.6 is 0 Å². The summed E-state index contributed by atoms with van der Waals surface area (Å²) in [4.78, 5) is 11.3. The van der Waals surface area contributed by atoms with Crippen LogP contribution in [-0.2, 0) is 4.79 Å². The molecule has 0 aromatic carbocycles. The number of hydrogen-bond donors (Lipinski definition) is 1. The van der Waals surface area contributed by atoms with Gasteiger partial charge in [-0.3, -0.25) is 4.79 Å². The third-order valence-electron chi connectivity index (χ3n) is 5.91. The van der Waals surface area contributed by atoms with E-state index in [1.807, 2.05) is 0 Å². The summed E-state index contributed by atoms with van der Waals surface area (Å²) < 4.78 is 0. The molecule has 4 saturated carbocycles. The zero-order valence-corrected chi connectivity index (χ0v) is 9.38. The van der Waals surface area contributed by atoms with Gasteiger partial charge in [-0.2, -0.15) is 0 Å². The zero-order valence-electron chi connectivity index (χ0n) is 9.38. The molecule has 1 N–H and O–H groups in total. The first kappa shape index (κ1) is 8.60. The SMILES string of the molecule is CC(=O)NC12CC3CC4CC(C1)C4(C3)C2. The third kappa shape index (κ3) is 0.857. The van der Waals surface area contributed by atoms with Gasteiger partial charge in [0.15, 0.2) is 0 Å². The van der Waals surface area contributed by atoms with Crippen LogP contribution in [0.15, 0.2) is 0 Å². The van der Waals surface area contributed by atoms with Crippen LogP contribution in [0.3, 0.4) is 0 Å².